The molecule has 3 aliphatic rings. The molecule has 3 saturated carbocycles. The normalized spacial score (nSPS) is 27.0. The molecule has 1 unspecified atom stereocenters. The van der Waals surface area contributed by atoms with Crippen molar-refractivity contribution in [2.45, 2.75) is 77.2 Å². The third-order valence-electron chi connectivity index (χ3n) is 5.79. The van der Waals surface area contributed by atoms with Gasteiger partial charge >= 0.3 is 0 Å². The van der Waals surface area contributed by atoms with Crippen LogP contribution < -0.4 is 5.32 Å². The minimum Gasteiger partial charge on any atom is -0.314 e. The minimum absolute atomic E-state index is 0.869. The summed E-state index contributed by atoms with van der Waals surface area (Å²) >= 11 is 0. The highest BCUT2D eigenvalue weighted by Gasteiger charge is 2.41. The van der Waals surface area contributed by atoms with Crippen LogP contribution >= 0.6 is 0 Å². The average molecular weight is 249 g/mol. The molecular formula is C17H31N. The van der Waals surface area contributed by atoms with Crippen molar-refractivity contribution in [2.24, 2.45) is 23.7 Å². The highest BCUT2D eigenvalue weighted by atomic mass is 14.9. The molecule has 104 valence electrons. The second kappa shape index (κ2) is 5.94. The van der Waals surface area contributed by atoms with Crippen molar-refractivity contribution in [3.8, 4) is 0 Å². The van der Waals surface area contributed by atoms with Crippen LogP contribution in [0.4, 0.5) is 0 Å². The SMILES string of the molecule is CCCNC(CC1CC1)C(C1CCC1)C1CCC1. The van der Waals surface area contributed by atoms with Gasteiger partial charge in [0.15, 0.2) is 0 Å². The number of nitrogens with one attached hydrogen (secondary N) is 1. The van der Waals surface area contributed by atoms with E-state index in [9.17, 15) is 0 Å². The maximum Gasteiger partial charge on any atom is 0.0103 e. The fraction of sp³-hybridized carbons (Fsp3) is 1.00. The van der Waals surface area contributed by atoms with E-state index in [-0.39, 0.29) is 0 Å². The van der Waals surface area contributed by atoms with E-state index in [2.05, 4.69) is 12.2 Å². The molecule has 18 heavy (non-hydrogen) atoms. The predicted molar refractivity (Wildman–Crippen MR) is 77.6 cm³/mol. The van der Waals surface area contributed by atoms with Crippen molar-refractivity contribution < 1.29 is 0 Å². The van der Waals surface area contributed by atoms with E-state index >= 15 is 0 Å². The quantitative estimate of drug-likeness (QED) is 0.673. The Hall–Kier alpha value is -0.0400. The van der Waals surface area contributed by atoms with Gasteiger partial charge in [-0.05, 0) is 43.1 Å². The van der Waals surface area contributed by atoms with Gasteiger partial charge in [-0.3, -0.25) is 0 Å². The lowest BCUT2D eigenvalue weighted by Gasteiger charge is -2.47. The second-order valence-electron chi connectivity index (χ2n) is 7.20. The molecule has 0 amide bonds. The average Bonchev–Trinajstić information content (AvgIpc) is 3.02. The molecule has 3 fully saturated rings. The van der Waals surface area contributed by atoms with Crippen molar-refractivity contribution in [1.29, 1.82) is 0 Å². The Morgan fingerprint density at radius 2 is 1.56 bits per heavy atom. The van der Waals surface area contributed by atoms with Crippen LogP contribution in [0.2, 0.25) is 0 Å². The summed E-state index contributed by atoms with van der Waals surface area (Å²) in [7, 11) is 0. The third kappa shape index (κ3) is 2.92. The van der Waals surface area contributed by atoms with E-state index in [4.69, 9.17) is 0 Å². The highest BCUT2D eigenvalue weighted by molar-refractivity contribution is 4.95. The van der Waals surface area contributed by atoms with Crippen LogP contribution in [0.25, 0.3) is 0 Å². The molecule has 0 aromatic heterocycles. The Labute approximate surface area is 113 Å². The zero-order valence-electron chi connectivity index (χ0n) is 12.2. The van der Waals surface area contributed by atoms with E-state index in [0.717, 1.165) is 29.7 Å². The van der Waals surface area contributed by atoms with Crippen LogP contribution in [0.3, 0.4) is 0 Å². The van der Waals surface area contributed by atoms with E-state index in [1.54, 1.807) is 0 Å². The summed E-state index contributed by atoms with van der Waals surface area (Å²) in [6.45, 7) is 3.55. The van der Waals surface area contributed by atoms with Gasteiger partial charge in [0.25, 0.3) is 0 Å². The molecule has 0 radical (unpaired) electrons. The first-order valence-electron chi connectivity index (χ1n) is 8.62. The Morgan fingerprint density at radius 1 is 0.944 bits per heavy atom. The minimum atomic E-state index is 0.869. The van der Waals surface area contributed by atoms with Crippen LogP contribution in [-0.2, 0) is 0 Å². The molecule has 0 heterocycles. The van der Waals surface area contributed by atoms with Crippen molar-refractivity contribution in [3.05, 3.63) is 0 Å². The summed E-state index contributed by atoms with van der Waals surface area (Å²) < 4.78 is 0. The second-order valence-corrected chi connectivity index (χ2v) is 7.20. The molecule has 3 aliphatic carbocycles. The van der Waals surface area contributed by atoms with Gasteiger partial charge in [-0.1, -0.05) is 58.3 Å². The number of hydrogen-bond acceptors (Lipinski definition) is 1. The number of rotatable bonds is 8. The standard InChI is InChI=1S/C17H31N/c1-2-11-18-16(12-13-9-10-13)17(14-5-3-6-14)15-7-4-8-15/h13-18H,2-12H2,1H3. The van der Waals surface area contributed by atoms with Crippen molar-refractivity contribution in [1.82, 2.24) is 5.32 Å². The smallest absolute Gasteiger partial charge is 0.0103 e. The first-order valence-corrected chi connectivity index (χ1v) is 8.62. The maximum absolute atomic E-state index is 3.94. The van der Waals surface area contributed by atoms with Gasteiger partial charge in [0.2, 0.25) is 0 Å². The van der Waals surface area contributed by atoms with Gasteiger partial charge in [-0.25, -0.2) is 0 Å². The molecule has 0 aromatic carbocycles. The van der Waals surface area contributed by atoms with Gasteiger partial charge in [0.05, 0.1) is 0 Å². The molecule has 0 aliphatic heterocycles. The first-order chi connectivity index (χ1) is 8.88. The van der Waals surface area contributed by atoms with Crippen LogP contribution in [0.1, 0.15) is 71.1 Å². The fourth-order valence-corrected chi connectivity index (χ4v) is 4.11. The molecule has 0 spiro atoms. The van der Waals surface area contributed by atoms with Crippen LogP contribution in [0.5, 0.6) is 0 Å². The van der Waals surface area contributed by atoms with Crippen LogP contribution in [-0.4, -0.2) is 12.6 Å². The van der Waals surface area contributed by atoms with E-state index in [1.165, 1.54) is 70.8 Å². The lowest BCUT2D eigenvalue weighted by atomic mass is 9.61. The summed E-state index contributed by atoms with van der Waals surface area (Å²) in [4.78, 5) is 0. The summed E-state index contributed by atoms with van der Waals surface area (Å²) in [5, 5.41) is 3.94. The largest absolute Gasteiger partial charge is 0.314 e. The van der Waals surface area contributed by atoms with E-state index in [0.29, 0.717) is 0 Å². The molecule has 1 heteroatoms. The molecule has 3 rings (SSSR count). The summed E-state index contributed by atoms with van der Waals surface area (Å²) in [6, 6.07) is 0.869. The molecule has 1 N–H and O–H groups in total. The zero-order valence-corrected chi connectivity index (χ0v) is 12.2. The maximum atomic E-state index is 3.94. The Morgan fingerprint density at radius 3 is 1.94 bits per heavy atom. The van der Waals surface area contributed by atoms with Gasteiger partial charge < -0.3 is 5.32 Å². The van der Waals surface area contributed by atoms with Gasteiger partial charge in [0, 0.05) is 6.04 Å². The van der Waals surface area contributed by atoms with Gasteiger partial charge in [-0.2, -0.15) is 0 Å². The molecule has 0 saturated heterocycles. The highest BCUT2D eigenvalue weighted by Crippen LogP contribution is 2.48. The van der Waals surface area contributed by atoms with Crippen LogP contribution in [0, 0.1) is 23.7 Å². The monoisotopic (exact) mass is 249 g/mol. The van der Waals surface area contributed by atoms with Crippen molar-refractivity contribution in [2.75, 3.05) is 6.54 Å². The summed E-state index contributed by atoms with van der Waals surface area (Å²) in [6.07, 6.45) is 15.0. The Balaban J connectivity index is 1.61. The molecular weight excluding hydrogens is 218 g/mol. The summed E-state index contributed by atoms with van der Waals surface area (Å²) in [5.41, 5.74) is 0. The molecule has 1 nitrogen and oxygen atoms in total. The van der Waals surface area contributed by atoms with Gasteiger partial charge in [-0.15, -0.1) is 0 Å². The summed E-state index contributed by atoms with van der Waals surface area (Å²) in [5.74, 6) is 4.30. The van der Waals surface area contributed by atoms with Crippen molar-refractivity contribution >= 4 is 0 Å². The Bertz CT molecular complexity index is 236. The third-order valence-corrected chi connectivity index (χ3v) is 5.79. The first kappa shape index (κ1) is 13.0. The van der Waals surface area contributed by atoms with Crippen LogP contribution in [0.15, 0.2) is 0 Å². The zero-order chi connectivity index (χ0) is 12.4. The Kier molecular flexibility index (Phi) is 4.28. The fourth-order valence-electron chi connectivity index (χ4n) is 4.11. The lowest BCUT2D eigenvalue weighted by molar-refractivity contribution is 0.0554. The predicted octanol–water partition coefficient (Wildman–Crippen LogP) is 4.37. The molecule has 1 atom stereocenters. The van der Waals surface area contributed by atoms with Gasteiger partial charge in [0.1, 0.15) is 0 Å². The van der Waals surface area contributed by atoms with Crippen molar-refractivity contribution in [3.63, 3.8) is 0 Å². The molecule has 0 aromatic rings. The lowest BCUT2D eigenvalue weighted by Crippen LogP contribution is -2.47. The van der Waals surface area contributed by atoms with E-state index < -0.39 is 0 Å². The topological polar surface area (TPSA) is 12.0 Å². The van der Waals surface area contributed by atoms with E-state index in [1.807, 2.05) is 0 Å². The molecule has 0 bridgehead atoms. The number of hydrogen-bond donors (Lipinski definition) is 1.